The van der Waals surface area contributed by atoms with Gasteiger partial charge in [0.2, 0.25) is 5.91 Å². The molecule has 2 aromatic carbocycles. The number of halogens is 1. The van der Waals surface area contributed by atoms with Crippen LogP contribution in [-0.4, -0.2) is 33.3 Å². The highest BCUT2D eigenvalue weighted by atomic mass is 32.1. The van der Waals surface area contributed by atoms with Gasteiger partial charge in [0.15, 0.2) is 4.96 Å². The van der Waals surface area contributed by atoms with Crippen molar-refractivity contribution in [2.75, 3.05) is 13.1 Å². The van der Waals surface area contributed by atoms with E-state index in [9.17, 15) is 9.18 Å². The maximum Gasteiger partial charge on any atom is 0.222 e. The molecule has 2 aromatic heterocycles. The monoisotopic (exact) mass is 447 g/mol. The van der Waals surface area contributed by atoms with Crippen molar-refractivity contribution in [3.05, 3.63) is 83.2 Å². The Hall–Kier alpha value is -2.99. The summed E-state index contributed by atoms with van der Waals surface area (Å²) in [5.74, 6) is 0.600. The second kappa shape index (κ2) is 9.25. The van der Waals surface area contributed by atoms with E-state index < -0.39 is 0 Å². The number of aryl methyl sites for hydroxylation is 1. The van der Waals surface area contributed by atoms with Crippen LogP contribution >= 0.6 is 11.3 Å². The quantitative estimate of drug-likeness (QED) is 0.385. The van der Waals surface area contributed by atoms with Crippen LogP contribution in [0.25, 0.3) is 16.2 Å². The van der Waals surface area contributed by atoms with Crippen LogP contribution in [0.4, 0.5) is 4.39 Å². The highest BCUT2D eigenvalue weighted by Gasteiger charge is 2.23. The maximum absolute atomic E-state index is 14.1. The lowest BCUT2D eigenvalue weighted by molar-refractivity contribution is -0.132. The van der Waals surface area contributed by atoms with Crippen molar-refractivity contribution in [2.24, 2.45) is 5.92 Å². The highest BCUT2D eigenvalue weighted by Crippen LogP contribution is 2.27. The van der Waals surface area contributed by atoms with Gasteiger partial charge in [-0.15, -0.1) is 11.3 Å². The van der Waals surface area contributed by atoms with E-state index in [0.717, 1.165) is 43.0 Å². The van der Waals surface area contributed by atoms with Crippen LogP contribution in [0.5, 0.6) is 0 Å². The average molecular weight is 448 g/mol. The Bertz CT molecular complexity index is 1210. The van der Waals surface area contributed by atoms with Gasteiger partial charge in [0.05, 0.1) is 5.69 Å². The number of imidazole rings is 1. The Kier molecular flexibility index (Phi) is 6.04. The Morgan fingerprint density at radius 3 is 2.59 bits per heavy atom. The number of likely N-dealkylation sites (tertiary alicyclic amines) is 1. The largest absolute Gasteiger partial charge is 0.343 e. The molecule has 0 aliphatic carbocycles. The lowest BCUT2D eigenvalue weighted by Crippen LogP contribution is -2.39. The van der Waals surface area contributed by atoms with Crippen molar-refractivity contribution in [1.82, 2.24) is 14.3 Å². The summed E-state index contributed by atoms with van der Waals surface area (Å²) in [6.07, 6.45) is 6.26. The highest BCUT2D eigenvalue weighted by molar-refractivity contribution is 7.15. The molecule has 4 nitrogen and oxygen atoms in total. The fourth-order valence-corrected chi connectivity index (χ4v) is 5.44. The number of nitrogens with zero attached hydrogens (tertiary/aromatic N) is 3. The summed E-state index contributed by atoms with van der Waals surface area (Å²) in [6.45, 7) is 1.69. The number of thiazole rings is 1. The molecule has 3 heterocycles. The fraction of sp³-hybridized carbons (Fsp3) is 0.308. The first-order valence-corrected chi connectivity index (χ1v) is 12.1. The molecule has 1 amide bonds. The summed E-state index contributed by atoms with van der Waals surface area (Å²) in [7, 11) is 0. The molecule has 6 heteroatoms. The zero-order valence-electron chi connectivity index (χ0n) is 17.9. The van der Waals surface area contributed by atoms with Crippen LogP contribution < -0.4 is 0 Å². The molecule has 0 spiro atoms. The molecular formula is C26H26FN3OS. The lowest BCUT2D eigenvalue weighted by atomic mass is 9.90. The second-order valence-corrected chi connectivity index (χ2v) is 9.34. The minimum Gasteiger partial charge on any atom is -0.343 e. The van der Waals surface area contributed by atoms with Crippen molar-refractivity contribution in [2.45, 2.75) is 32.1 Å². The van der Waals surface area contributed by atoms with E-state index in [2.05, 4.69) is 35.3 Å². The summed E-state index contributed by atoms with van der Waals surface area (Å²) in [4.78, 5) is 20.2. The topological polar surface area (TPSA) is 37.6 Å². The molecule has 32 heavy (non-hydrogen) atoms. The fourth-order valence-electron chi connectivity index (χ4n) is 4.53. The van der Waals surface area contributed by atoms with Gasteiger partial charge in [0, 0.05) is 42.3 Å². The van der Waals surface area contributed by atoms with Crippen molar-refractivity contribution in [3.8, 4) is 11.3 Å². The molecule has 5 rings (SSSR count). The van der Waals surface area contributed by atoms with E-state index in [1.165, 1.54) is 23.0 Å². The van der Waals surface area contributed by atoms with Gasteiger partial charge in [-0.25, -0.2) is 9.37 Å². The Morgan fingerprint density at radius 2 is 1.81 bits per heavy atom. The molecule has 0 atom stereocenters. The molecule has 1 saturated heterocycles. The standard InChI is InChI=1S/C26H26FN3OS/c27-23-9-5-4-8-22(23)24-17-30-21(18-32-26(30)28-24)10-11-25(31)29-14-12-20(13-15-29)16-19-6-2-1-3-7-19/h1-9,17-18,20H,10-16H2. The maximum atomic E-state index is 14.1. The number of hydrogen-bond acceptors (Lipinski definition) is 3. The molecule has 0 unspecified atom stereocenters. The summed E-state index contributed by atoms with van der Waals surface area (Å²) in [6, 6.07) is 17.3. The number of fused-ring (bicyclic) bond motifs is 1. The lowest BCUT2D eigenvalue weighted by Gasteiger charge is -2.32. The van der Waals surface area contributed by atoms with Crippen LogP contribution in [0.2, 0.25) is 0 Å². The first kappa shape index (κ1) is 20.9. The molecule has 4 aromatic rings. The van der Waals surface area contributed by atoms with Crippen LogP contribution in [-0.2, 0) is 17.6 Å². The molecule has 164 valence electrons. The number of carbonyl (C=O) groups excluding carboxylic acids is 1. The third-order valence-corrected chi connectivity index (χ3v) is 7.25. The third-order valence-electron chi connectivity index (χ3n) is 6.36. The summed E-state index contributed by atoms with van der Waals surface area (Å²) >= 11 is 1.53. The van der Waals surface area contributed by atoms with Gasteiger partial charge in [-0.3, -0.25) is 9.20 Å². The Balaban J connectivity index is 1.17. The van der Waals surface area contributed by atoms with Gasteiger partial charge in [0.25, 0.3) is 0 Å². The normalized spacial score (nSPS) is 14.8. The first-order valence-electron chi connectivity index (χ1n) is 11.2. The van der Waals surface area contributed by atoms with Gasteiger partial charge >= 0.3 is 0 Å². The smallest absolute Gasteiger partial charge is 0.222 e. The minimum absolute atomic E-state index is 0.219. The van der Waals surface area contributed by atoms with Crippen LogP contribution in [0.1, 0.15) is 30.5 Å². The predicted molar refractivity (Wildman–Crippen MR) is 126 cm³/mol. The van der Waals surface area contributed by atoms with E-state index in [4.69, 9.17) is 0 Å². The minimum atomic E-state index is -0.273. The van der Waals surface area contributed by atoms with Crippen molar-refractivity contribution < 1.29 is 9.18 Å². The van der Waals surface area contributed by atoms with Crippen molar-refractivity contribution in [1.29, 1.82) is 0 Å². The zero-order valence-corrected chi connectivity index (χ0v) is 18.7. The van der Waals surface area contributed by atoms with Gasteiger partial charge in [-0.05, 0) is 49.3 Å². The van der Waals surface area contributed by atoms with E-state index in [1.807, 2.05) is 26.9 Å². The number of aromatic nitrogens is 2. The molecule has 1 aliphatic heterocycles. The van der Waals surface area contributed by atoms with Crippen LogP contribution in [0.15, 0.2) is 66.2 Å². The molecule has 0 saturated carbocycles. The van der Waals surface area contributed by atoms with Crippen molar-refractivity contribution >= 4 is 22.2 Å². The van der Waals surface area contributed by atoms with Gasteiger partial charge in [-0.1, -0.05) is 42.5 Å². The summed E-state index contributed by atoms with van der Waals surface area (Å²) in [5, 5.41) is 2.05. The van der Waals surface area contributed by atoms with Crippen LogP contribution in [0, 0.1) is 11.7 Å². The number of carbonyl (C=O) groups is 1. The Morgan fingerprint density at radius 1 is 1.06 bits per heavy atom. The molecule has 1 fully saturated rings. The first-order chi connectivity index (χ1) is 15.7. The number of hydrogen-bond donors (Lipinski definition) is 0. The number of amides is 1. The van der Waals surface area contributed by atoms with E-state index in [-0.39, 0.29) is 11.7 Å². The van der Waals surface area contributed by atoms with Gasteiger partial charge in [-0.2, -0.15) is 0 Å². The summed E-state index contributed by atoms with van der Waals surface area (Å²) < 4.78 is 16.1. The van der Waals surface area contributed by atoms with E-state index in [1.54, 1.807) is 12.1 Å². The zero-order chi connectivity index (χ0) is 21.9. The van der Waals surface area contributed by atoms with Gasteiger partial charge in [0.1, 0.15) is 5.82 Å². The molecule has 0 radical (unpaired) electrons. The molecule has 0 N–H and O–H groups in total. The van der Waals surface area contributed by atoms with E-state index >= 15 is 0 Å². The molecular weight excluding hydrogens is 421 g/mol. The predicted octanol–water partition coefficient (Wildman–Crippen LogP) is 5.62. The Labute approximate surface area is 191 Å². The van der Waals surface area contributed by atoms with Crippen LogP contribution in [0.3, 0.4) is 0 Å². The number of piperidine rings is 1. The SMILES string of the molecule is O=C(CCc1csc2nc(-c3ccccc3F)cn12)N1CCC(Cc2ccccc2)CC1. The average Bonchev–Trinajstić information content (AvgIpc) is 3.40. The number of benzene rings is 2. The van der Waals surface area contributed by atoms with Crippen molar-refractivity contribution in [3.63, 3.8) is 0 Å². The summed E-state index contributed by atoms with van der Waals surface area (Å²) in [5.41, 5.74) is 3.56. The molecule has 0 bridgehead atoms. The van der Waals surface area contributed by atoms with E-state index in [0.29, 0.717) is 30.0 Å². The molecule has 1 aliphatic rings. The number of rotatable bonds is 6. The second-order valence-electron chi connectivity index (χ2n) is 8.50. The third kappa shape index (κ3) is 4.46. The van der Waals surface area contributed by atoms with Gasteiger partial charge < -0.3 is 4.90 Å².